The third kappa shape index (κ3) is 2.51. The Bertz CT molecular complexity index is 477. The lowest BCUT2D eigenvalue weighted by Gasteiger charge is -2.25. The van der Waals surface area contributed by atoms with E-state index in [1.54, 1.807) is 0 Å². The predicted octanol–water partition coefficient (Wildman–Crippen LogP) is 2.51. The molecule has 0 aromatic heterocycles. The Labute approximate surface area is 118 Å². The molecule has 19 heavy (non-hydrogen) atoms. The maximum Gasteiger partial charge on any atom is 0.323 e. The van der Waals surface area contributed by atoms with Gasteiger partial charge in [-0.15, -0.1) is 11.8 Å². The Morgan fingerprint density at radius 1 is 1.47 bits per heavy atom. The van der Waals surface area contributed by atoms with Gasteiger partial charge in [-0.25, -0.2) is 0 Å². The average molecular weight is 277 g/mol. The lowest BCUT2D eigenvalue weighted by molar-refractivity contribution is -0.145. The predicted molar refractivity (Wildman–Crippen MR) is 76.5 cm³/mol. The molecule has 0 bridgehead atoms. The van der Waals surface area contributed by atoms with Gasteiger partial charge in [-0.1, -0.05) is 18.2 Å². The Morgan fingerprint density at radius 2 is 2.32 bits per heavy atom. The van der Waals surface area contributed by atoms with Gasteiger partial charge in [0.05, 0.1) is 7.11 Å². The second-order valence-electron chi connectivity index (χ2n) is 5.22. The van der Waals surface area contributed by atoms with Crippen LogP contribution in [0.25, 0.3) is 0 Å². The molecule has 2 atom stereocenters. The molecule has 2 aliphatic rings. The van der Waals surface area contributed by atoms with Gasteiger partial charge < -0.3 is 4.74 Å². The maximum atomic E-state index is 11.8. The van der Waals surface area contributed by atoms with Gasteiger partial charge in [0.1, 0.15) is 6.04 Å². The molecule has 1 fully saturated rings. The minimum Gasteiger partial charge on any atom is -0.468 e. The Balaban J connectivity index is 1.71. The van der Waals surface area contributed by atoms with Crippen LogP contribution in [0.5, 0.6) is 0 Å². The zero-order valence-corrected chi connectivity index (χ0v) is 12.0. The molecule has 0 amide bonds. The van der Waals surface area contributed by atoms with Crippen LogP contribution in [0.1, 0.15) is 24.3 Å². The third-order valence-corrected chi connectivity index (χ3v) is 5.34. The molecule has 2 unspecified atom stereocenters. The van der Waals surface area contributed by atoms with Crippen molar-refractivity contribution in [2.24, 2.45) is 0 Å². The second-order valence-corrected chi connectivity index (χ2v) is 6.28. The van der Waals surface area contributed by atoms with E-state index in [4.69, 9.17) is 4.74 Å². The summed E-state index contributed by atoms with van der Waals surface area (Å²) < 4.78 is 4.91. The summed E-state index contributed by atoms with van der Waals surface area (Å²) in [4.78, 5) is 15.5. The van der Waals surface area contributed by atoms with Crippen molar-refractivity contribution in [2.45, 2.75) is 29.7 Å². The number of esters is 1. The quantitative estimate of drug-likeness (QED) is 0.794. The van der Waals surface area contributed by atoms with Crippen molar-refractivity contribution < 1.29 is 9.53 Å². The second kappa shape index (κ2) is 5.55. The summed E-state index contributed by atoms with van der Waals surface area (Å²) in [6, 6.07) is 8.61. The average Bonchev–Trinajstić information content (AvgIpc) is 3.06. The molecule has 3 rings (SSSR count). The van der Waals surface area contributed by atoms with Gasteiger partial charge in [-0.05, 0) is 31.0 Å². The molecule has 2 heterocycles. The van der Waals surface area contributed by atoms with E-state index in [0.717, 1.165) is 31.7 Å². The molecule has 1 aromatic carbocycles. The summed E-state index contributed by atoms with van der Waals surface area (Å²) in [7, 11) is 1.49. The molecule has 0 radical (unpaired) electrons. The Hall–Kier alpha value is -1.00. The van der Waals surface area contributed by atoms with Crippen LogP contribution in [0, 0.1) is 0 Å². The summed E-state index contributed by atoms with van der Waals surface area (Å²) in [6.07, 6.45) is 2.04. The largest absolute Gasteiger partial charge is 0.468 e. The first-order valence-electron chi connectivity index (χ1n) is 6.83. The highest BCUT2D eigenvalue weighted by atomic mass is 32.2. The summed E-state index contributed by atoms with van der Waals surface area (Å²) in [5.74, 6) is 1.60. The van der Waals surface area contributed by atoms with Crippen molar-refractivity contribution in [1.82, 2.24) is 4.90 Å². The number of thioether (sulfide) groups is 1. The fourth-order valence-electron chi connectivity index (χ4n) is 3.11. The highest BCUT2D eigenvalue weighted by Gasteiger charge is 2.34. The summed E-state index contributed by atoms with van der Waals surface area (Å²) in [5.41, 5.74) is 1.45. The summed E-state index contributed by atoms with van der Waals surface area (Å²) in [5, 5.41) is 0. The first-order chi connectivity index (χ1) is 9.29. The summed E-state index contributed by atoms with van der Waals surface area (Å²) >= 11 is 1.93. The molecule has 0 spiro atoms. The SMILES string of the molecule is COC(=O)C1CCCN1CC1CSc2ccccc21. The number of carbonyl (C=O) groups is 1. The molecule has 1 aromatic rings. The Kier molecular flexibility index (Phi) is 3.80. The van der Waals surface area contributed by atoms with E-state index >= 15 is 0 Å². The van der Waals surface area contributed by atoms with Gasteiger partial charge in [-0.3, -0.25) is 9.69 Å². The topological polar surface area (TPSA) is 29.5 Å². The molecule has 3 nitrogen and oxygen atoms in total. The number of rotatable bonds is 3. The van der Waals surface area contributed by atoms with E-state index in [0.29, 0.717) is 5.92 Å². The monoisotopic (exact) mass is 277 g/mol. The third-order valence-electron chi connectivity index (χ3n) is 4.09. The van der Waals surface area contributed by atoms with E-state index in [-0.39, 0.29) is 12.0 Å². The molecule has 2 aliphatic heterocycles. The number of nitrogens with zero attached hydrogens (tertiary/aromatic N) is 1. The molecule has 0 saturated carbocycles. The normalized spacial score (nSPS) is 26.4. The molecular formula is C15H19NO2S. The van der Waals surface area contributed by atoms with Gasteiger partial charge >= 0.3 is 5.97 Å². The first kappa shape index (κ1) is 13.0. The number of benzene rings is 1. The van der Waals surface area contributed by atoms with E-state index in [1.165, 1.54) is 17.6 Å². The zero-order chi connectivity index (χ0) is 13.2. The van der Waals surface area contributed by atoms with Crippen molar-refractivity contribution >= 4 is 17.7 Å². The van der Waals surface area contributed by atoms with Gasteiger partial charge in [0.25, 0.3) is 0 Å². The van der Waals surface area contributed by atoms with Crippen LogP contribution in [0.15, 0.2) is 29.2 Å². The van der Waals surface area contributed by atoms with Crippen LogP contribution in [-0.2, 0) is 9.53 Å². The zero-order valence-electron chi connectivity index (χ0n) is 11.2. The van der Waals surface area contributed by atoms with E-state index in [9.17, 15) is 4.79 Å². The molecule has 0 N–H and O–H groups in total. The first-order valence-corrected chi connectivity index (χ1v) is 7.81. The van der Waals surface area contributed by atoms with Crippen molar-refractivity contribution in [3.05, 3.63) is 29.8 Å². The van der Waals surface area contributed by atoms with E-state index in [2.05, 4.69) is 29.2 Å². The van der Waals surface area contributed by atoms with Crippen LogP contribution in [0.3, 0.4) is 0 Å². The van der Waals surface area contributed by atoms with Crippen LogP contribution >= 0.6 is 11.8 Å². The highest BCUT2D eigenvalue weighted by molar-refractivity contribution is 7.99. The lowest BCUT2D eigenvalue weighted by Crippen LogP contribution is -2.39. The fourth-order valence-corrected chi connectivity index (χ4v) is 4.35. The van der Waals surface area contributed by atoms with Crippen LogP contribution in [-0.4, -0.2) is 42.9 Å². The fraction of sp³-hybridized carbons (Fsp3) is 0.533. The molecule has 4 heteroatoms. The minimum atomic E-state index is -0.0727. The van der Waals surface area contributed by atoms with Crippen molar-refractivity contribution in [3.63, 3.8) is 0 Å². The van der Waals surface area contributed by atoms with E-state index < -0.39 is 0 Å². The maximum absolute atomic E-state index is 11.8. The lowest BCUT2D eigenvalue weighted by atomic mass is 10.0. The highest BCUT2D eigenvalue weighted by Crippen LogP contribution is 2.40. The number of hydrogen-bond donors (Lipinski definition) is 0. The van der Waals surface area contributed by atoms with Gasteiger partial charge in [0.15, 0.2) is 0 Å². The van der Waals surface area contributed by atoms with Crippen LogP contribution in [0.4, 0.5) is 0 Å². The number of fused-ring (bicyclic) bond motifs is 1. The molecule has 0 aliphatic carbocycles. The van der Waals surface area contributed by atoms with Crippen molar-refractivity contribution in [3.8, 4) is 0 Å². The number of likely N-dealkylation sites (tertiary alicyclic amines) is 1. The summed E-state index contributed by atoms with van der Waals surface area (Å²) in [6.45, 7) is 1.99. The molecular weight excluding hydrogens is 258 g/mol. The van der Waals surface area contributed by atoms with E-state index in [1.807, 2.05) is 11.8 Å². The molecule has 102 valence electrons. The van der Waals surface area contributed by atoms with Crippen LogP contribution in [0.2, 0.25) is 0 Å². The van der Waals surface area contributed by atoms with Crippen molar-refractivity contribution in [2.75, 3.05) is 26.0 Å². The number of ether oxygens (including phenoxy) is 1. The number of methoxy groups -OCH3 is 1. The van der Waals surface area contributed by atoms with Crippen molar-refractivity contribution in [1.29, 1.82) is 0 Å². The minimum absolute atomic E-state index is 0.0252. The number of carbonyl (C=O) groups excluding carboxylic acids is 1. The van der Waals surface area contributed by atoms with Gasteiger partial charge in [0, 0.05) is 23.1 Å². The van der Waals surface area contributed by atoms with Gasteiger partial charge in [-0.2, -0.15) is 0 Å². The number of hydrogen-bond acceptors (Lipinski definition) is 4. The molecule has 1 saturated heterocycles. The Morgan fingerprint density at radius 3 is 3.16 bits per heavy atom. The smallest absolute Gasteiger partial charge is 0.323 e. The van der Waals surface area contributed by atoms with Crippen LogP contribution < -0.4 is 0 Å². The standard InChI is InChI=1S/C15H19NO2S/c1-18-15(17)13-6-4-8-16(13)9-11-10-19-14-7-3-2-5-12(11)14/h2-3,5,7,11,13H,4,6,8-10H2,1H3. The van der Waals surface area contributed by atoms with Gasteiger partial charge in [0.2, 0.25) is 0 Å².